The number of hydrogen-bond donors (Lipinski definition) is 0. The highest BCUT2D eigenvalue weighted by Gasteiger charge is 2.34. The summed E-state index contributed by atoms with van der Waals surface area (Å²) in [6.45, 7) is 8.67. The fraction of sp³-hybridized carbons (Fsp3) is 0.923. The van der Waals surface area contributed by atoms with Crippen molar-refractivity contribution in [3.05, 3.63) is 0 Å². The van der Waals surface area contributed by atoms with Crippen LogP contribution in [0.5, 0.6) is 0 Å². The predicted octanol–water partition coefficient (Wildman–Crippen LogP) is 1.73. The molecule has 3 heteroatoms. The van der Waals surface area contributed by atoms with Crippen LogP contribution >= 0.6 is 0 Å². The number of rotatable bonds is 3. The SMILES string of the molecule is CC(C)CC(=O)N1CC(N2CCCCC2)C1. The van der Waals surface area contributed by atoms with E-state index in [0.717, 1.165) is 13.1 Å². The molecule has 0 aromatic heterocycles. The third kappa shape index (κ3) is 2.76. The molecule has 0 aliphatic carbocycles. The van der Waals surface area contributed by atoms with Crippen molar-refractivity contribution < 1.29 is 4.79 Å². The lowest BCUT2D eigenvalue weighted by molar-refractivity contribution is -0.139. The van der Waals surface area contributed by atoms with E-state index in [-0.39, 0.29) is 0 Å². The van der Waals surface area contributed by atoms with Gasteiger partial charge < -0.3 is 4.90 Å². The van der Waals surface area contributed by atoms with Gasteiger partial charge >= 0.3 is 0 Å². The molecule has 0 aromatic rings. The van der Waals surface area contributed by atoms with Gasteiger partial charge in [-0.05, 0) is 31.8 Å². The fourth-order valence-electron chi connectivity index (χ4n) is 2.65. The Hall–Kier alpha value is -0.570. The Balaban J connectivity index is 1.70. The van der Waals surface area contributed by atoms with Crippen LogP contribution in [-0.4, -0.2) is 47.9 Å². The average molecular weight is 224 g/mol. The van der Waals surface area contributed by atoms with Gasteiger partial charge in [0, 0.05) is 25.6 Å². The van der Waals surface area contributed by atoms with E-state index in [1.54, 1.807) is 0 Å². The van der Waals surface area contributed by atoms with Crippen molar-refractivity contribution >= 4 is 5.91 Å². The van der Waals surface area contributed by atoms with Gasteiger partial charge in [0.1, 0.15) is 0 Å². The van der Waals surface area contributed by atoms with Gasteiger partial charge in [0.25, 0.3) is 0 Å². The predicted molar refractivity (Wildman–Crippen MR) is 65.2 cm³/mol. The highest BCUT2D eigenvalue weighted by Crippen LogP contribution is 2.21. The number of likely N-dealkylation sites (tertiary alicyclic amines) is 2. The lowest BCUT2D eigenvalue weighted by atomic mass is 10.0. The number of carbonyl (C=O) groups is 1. The van der Waals surface area contributed by atoms with E-state index in [2.05, 4.69) is 18.7 Å². The zero-order valence-electron chi connectivity index (χ0n) is 10.6. The van der Waals surface area contributed by atoms with E-state index >= 15 is 0 Å². The summed E-state index contributed by atoms with van der Waals surface area (Å²) in [6, 6.07) is 0.663. The molecule has 2 heterocycles. The first-order valence-corrected chi connectivity index (χ1v) is 6.68. The molecular weight excluding hydrogens is 200 g/mol. The molecule has 0 unspecified atom stereocenters. The minimum absolute atomic E-state index is 0.350. The van der Waals surface area contributed by atoms with E-state index in [1.165, 1.54) is 32.4 Å². The summed E-state index contributed by atoms with van der Waals surface area (Å²) in [5, 5.41) is 0. The summed E-state index contributed by atoms with van der Waals surface area (Å²) in [5.74, 6) is 0.838. The van der Waals surface area contributed by atoms with Gasteiger partial charge in [-0.15, -0.1) is 0 Å². The highest BCUT2D eigenvalue weighted by molar-refractivity contribution is 5.77. The molecule has 0 aromatic carbocycles. The van der Waals surface area contributed by atoms with E-state index in [0.29, 0.717) is 24.3 Å². The quantitative estimate of drug-likeness (QED) is 0.729. The first-order chi connectivity index (χ1) is 7.66. The summed E-state index contributed by atoms with van der Waals surface area (Å²) in [4.78, 5) is 16.4. The first-order valence-electron chi connectivity index (χ1n) is 6.68. The maximum absolute atomic E-state index is 11.8. The van der Waals surface area contributed by atoms with Gasteiger partial charge in [0.05, 0.1) is 0 Å². The summed E-state index contributed by atoms with van der Waals surface area (Å²) in [7, 11) is 0. The van der Waals surface area contributed by atoms with Crippen molar-refractivity contribution in [3.8, 4) is 0 Å². The van der Waals surface area contributed by atoms with Crippen LogP contribution in [0.15, 0.2) is 0 Å². The van der Waals surface area contributed by atoms with Gasteiger partial charge in [-0.2, -0.15) is 0 Å². The van der Waals surface area contributed by atoms with Crippen LogP contribution in [0.25, 0.3) is 0 Å². The van der Waals surface area contributed by atoms with Crippen LogP contribution in [0.1, 0.15) is 39.5 Å². The Kier molecular flexibility index (Phi) is 3.85. The third-order valence-electron chi connectivity index (χ3n) is 3.70. The second-order valence-corrected chi connectivity index (χ2v) is 5.65. The van der Waals surface area contributed by atoms with Crippen LogP contribution in [0.3, 0.4) is 0 Å². The fourth-order valence-corrected chi connectivity index (χ4v) is 2.65. The van der Waals surface area contributed by atoms with Gasteiger partial charge in [-0.25, -0.2) is 0 Å². The maximum atomic E-state index is 11.8. The first kappa shape index (κ1) is 11.9. The summed E-state index contributed by atoms with van der Waals surface area (Å²) in [6.07, 6.45) is 4.79. The normalized spacial score (nSPS) is 23.6. The lowest BCUT2D eigenvalue weighted by Crippen LogP contribution is -2.61. The van der Waals surface area contributed by atoms with Crippen LogP contribution in [0.4, 0.5) is 0 Å². The molecule has 2 fully saturated rings. The summed E-state index contributed by atoms with van der Waals surface area (Å²) in [5.41, 5.74) is 0. The second-order valence-electron chi connectivity index (χ2n) is 5.65. The smallest absolute Gasteiger partial charge is 0.222 e. The van der Waals surface area contributed by atoms with Crippen LogP contribution in [-0.2, 0) is 4.79 Å². The largest absolute Gasteiger partial charge is 0.339 e. The van der Waals surface area contributed by atoms with E-state index < -0.39 is 0 Å². The molecule has 16 heavy (non-hydrogen) atoms. The molecule has 1 amide bonds. The Morgan fingerprint density at radius 2 is 1.81 bits per heavy atom. The minimum Gasteiger partial charge on any atom is -0.339 e. The van der Waals surface area contributed by atoms with Crippen molar-refractivity contribution in [1.29, 1.82) is 0 Å². The molecule has 3 nitrogen and oxygen atoms in total. The lowest BCUT2D eigenvalue weighted by Gasteiger charge is -2.46. The Bertz CT molecular complexity index is 240. The third-order valence-corrected chi connectivity index (χ3v) is 3.70. The standard InChI is InChI=1S/C13H24N2O/c1-11(2)8-13(16)15-9-12(10-15)14-6-4-3-5-7-14/h11-12H,3-10H2,1-2H3. The molecule has 2 aliphatic heterocycles. The average Bonchev–Trinajstić information content (AvgIpc) is 2.15. The molecule has 0 bridgehead atoms. The molecular formula is C13H24N2O. The van der Waals surface area contributed by atoms with Gasteiger partial charge in [-0.1, -0.05) is 20.3 Å². The molecule has 92 valence electrons. The zero-order valence-corrected chi connectivity index (χ0v) is 10.6. The van der Waals surface area contributed by atoms with Crippen molar-refractivity contribution in [3.63, 3.8) is 0 Å². The van der Waals surface area contributed by atoms with E-state index in [9.17, 15) is 4.79 Å². The Morgan fingerprint density at radius 3 is 2.38 bits per heavy atom. The van der Waals surface area contributed by atoms with Gasteiger partial charge in [-0.3, -0.25) is 9.69 Å². The topological polar surface area (TPSA) is 23.6 Å². The molecule has 0 N–H and O–H groups in total. The summed E-state index contributed by atoms with van der Waals surface area (Å²) >= 11 is 0. The molecule has 0 radical (unpaired) electrons. The van der Waals surface area contributed by atoms with E-state index in [4.69, 9.17) is 0 Å². The molecule has 0 spiro atoms. The molecule has 2 rings (SSSR count). The van der Waals surface area contributed by atoms with E-state index in [1.807, 2.05) is 4.90 Å². The van der Waals surface area contributed by atoms with Crippen LogP contribution in [0.2, 0.25) is 0 Å². The minimum atomic E-state index is 0.350. The van der Waals surface area contributed by atoms with Crippen molar-refractivity contribution in [1.82, 2.24) is 9.80 Å². The number of nitrogens with zero attached hydrogens (tertiary/aromatic N) is 2. The zero-order chi connectivity index (χ0) is 11.5. The number of carbonyl (C=O) groups excluding carboxylic acids is 1. The maximum Gasteiger partial charge on any atom is 0.222 e. The summed E-state index contributed by atoms with van der Waals surface area (Å²) < 4.78 is 0. The van der Waals surface area contributed by atoms with Crippen LogP contribution < -0.4 is 0 Å². The molecule has 2 saturated heterocycles. The Morgan fingerprint density at radius 1 is 1.19 bits per heavy atom. The Labute approximate surface area is 98.8 Å². The molecule has 0 atom stereocenters. The van der Waals surface area contributed by atoms with Gasteiger partial charge in [0.2, 0.25) is 5.91 Å². The van der Waals surface area contributed by atoms with Crippen LogP contribution in [0, 0.1) is 5.92 Å². The second kappa shape index (κ2) is 5.17. The van der Waals surface area contributed by atoms with Gasteiger partial charge in [0.15, 0.2) is 0 Å². The monoisotopic (exact) mass is 224 g/mol. The van der Waals surface area contributed by atoms with Crippen molar-refractivity contribution in [2.75, 3.05) is 26.2 Å². The number of piperidine rings is 1. The molecule has 2 aliphatic rings. The molecule has 0 saturated carbocycles. The number of hydrogen-bond acceptors (Lipinski definition) is 2. The van der Waals surface area contributed by atoms with Crippen molar-refractivity contribution in [2.24, 2.45) is 5.92 Å². The highest BCUT2D eigenvalue weighted by atomic mass is 16.2. The number of amides is 1. The van der Waals surface area contributed by atoms with Crippen molar-refractivity contribution in [2.45, 2.75) is 45.6 Å².